The van der Waals surface area contributed by atoms with Crippen molar-refractivity contribution >= 4 is 0 Å². The van der Waals surface area contributed by atoms with E-state index >= 15 is 0 Å². The summed E-state index contributed by atoms with van der Waals surface area (Å²) in [5.74, 6) is -2.62. The summed E-state index contributed by atoms with van der Waals surface area (Å²) in [4.78, 5) is 0. The minimum absolute atomic E-state index is 0.806. The molecule has 0 bridgehead atoms. The molecule has 3 heterocycles. The lowest BCUT2D eigenvalue weighted by molar-refractivity contribution is -0.422. The van der Waals surface area contributed by atoms with Crippen molar-refractivity contribution in [1.29, 1.82) is 0 Å². The van der Waals surface area contributed by atoms with Gasteiger partial charge in [0.1, 0.15) is 73.2 Å². The third-order valence-electron chi connectivity index (χ3n) is 6.39. The molecule has 15 heteroatoms. The Kier molecular flexibility index (Phi) is 8.32. The first-order chi connectivity index (χ1) is 15.4. The Hall–Kier alpha value is -0.600. The van der Waals surface area contributed by atoms with Crippen LogP contribution in [0.3, 0.4) is 0 Å². The van der Waals surface area contributed by atoms with E-state index in [0.717, 1.165) is 0 Å². The fourth-order valence-corrected chi connectivity index (χ4v) is 4.27. The van der Waals surface area contributed by atoms with Crippen molar-refractivity contribution in [2.24, 2.45) is 0 Å². The summed E-state index contributed by atoms with van der Waals surface area (Å²) in [6.45, 7) is -0.363. The van der Waals surface area contributed by atoms with Crippen molar-refractivity contribution in [3.05, 3.63) is 0 Å². The van der Waals surface area contributed by atoms with Crippen LogP contribution in [-0.4, -0.2) is 161 Å². The molecule has 33 heavy (non-hydrogen) atoms. The van der Waals surface area contributed by atoms with Gasteiger partial charge in [-0.25, -0.2) is 0 Å². The topological polar surface area (TPSA) is 259 Å². The van der Waals surface area contributed by atoms with Crippen molar-refractivity contribution in [2.45, 2.75) is 98.4 Å². The Balaban J connectivity index is 1.94. The molecule has 0 aromatic carbocycles. The highest BCUT2D eigenvalue weighted by molar-refractivity contribution is 5.07. The number of ether oxygens (including phenoxy) is 4. The molecular formula is C18H32O15. The number of aliphatic hydroxyl groups is 11. The maximum Gasteiger partial charge on any atom is 0.227 e. The van der Waals surface area contributed by atoms with Crippen LogP contribution in [0.4, 0.5) is 0 Å². The maximum atomic E-state index is 10.8. The van der Waals surface area contributed by atoms with E-state index in [1.807, 2.05) is 0 Å². The lowest BCUT2D eigenvalue weighted by Crippen LogP contribution is -2.76. The molecule has 3 saturated heterocycles. The Morgan fingerprint density at radius 2 is 1.24 bits per heavy atom. The van der Waals surface area contributed by atoms with E-state index in [1.165, 1.54) is 6.92 Å². The van der Waals surface area contributed by atoms with Crippen LogP contribution in [0.15, 0.2) is 0 Å². The van der Waals surface area contributed by atoms with Gasteiger partial charge in [0, 0.05) is 0 Å². The second-order valence-corrected chi connectivity index (χ2v) is 8.57. The first kappa shape index (κ1) is 27.0. The van der Waals surface area contributed by atoms with Crippen LogP contribution >= 0.6 is 0 Å². The van der Waals surface area contributed by atoms with Gasteiger partial charge in [0.25, 0.3) is 0 Å². The van der Waals surface area contributed by atoms with E-state index in [2.05, 4.69) is 0 Å². The first-order valence-corrected chi connectivity index (χ1v) is 10.4. The largest absolute Gasteiger partial charge is 0.394 e. The van der Waals surface area contributed by atoms with Gasteiger partial charge >= 0.3 is 0 Å². The third-order valence-corrected chi connectivity index (χ3v) is 6.39. The van der Waals surface area contributed by atoms with E-state index in [9.17, 15) is 56.2 Å². The van der Waals surface area contributed by atoms with Crippen molar-refractivity contribution in [3.8, 4) is 0 Å². The van der Waals surface area contributed by atoms with Crippen molar-refractivity contribution in [1.82, 2.24) is 0 Å². The van der Waals surface area contributed by atoms with Gasteiger partial charge in [-0.15, -0.1) is 0 Å². The Bertz CT molecular complexity index is 652. The quantitative estimate of drug-likeness (QED) is 0.172. The molecule has 0 spiro atoms. The highest BCUT2D eigenvalue weighted by atomic mass is 16.8. The molecule has 0 saturated carbocycles. The number of rotatable bonds is 5. The third kappa shape index (κ3) is 4.65. The zero-order valence-electron chi connectivity index (χ0n) is 17.5. The predicted molar refractivity (Wildman–Crippen MR) is 99.9 cm³/mol. The molecule has 0 aromatic rings. The van der Waals surface area contributed by atoms with Crippen molar-refractivity contribution in [3.63, 3.8) is 0 Å². The maximum absolute atomic E-state index is 10.8. The number of hydrogen-bond donors (Lipinski definition) is 11. The normalized spacial score (nSPS) is 56.0. The van der Waals surface area contributed by atoms with Gasteiger partial charge in [0.2, 0.25) is 5.79 Å². The summed E-state index contributed by atoms with van der Waals surface area (Å²) in [7, 11) is 0. The molecule has 194 valence electrons. The molecule has 11 N–H and O–H groups in total. The van der Waals surface area contributed by atoms with E-state index in [0.29, 0.717) is 0 Å². The van der Waals surface area contributed by atoms with Crippen molar-refractivity contribution in [2.75, 3.05) is 13.2 Å². The van der Waals surface area contributed by atoms with Gasteiger partial charge in [-0.2, -0.15) is 0 Å². The minimum atomic E-state index is -2.62. The number of hydrogen-bond acceptors (Lipinski definition) is 15. The molecule has 0 radical (unpaired) electrons. The molecule has 0 aromatic heterocycles. The Morgan fingerprint density at radius 3 is 1.85 bits per heavy atom. The highest BCUT2D eigenvalue weighted by Crippen LogP contribution is 2.40. The van der Waals surface area contributed by atoms with Crippen molar-refractivity contribution < 1.29 is 75.1 Å². The fourth-order valence-electron chi connectivity index (χ4n) is 4.27. The average Bonchev–Trinajstić information content (AvgIpc) is 2.80. The molecule has 15 nitrogen and oxygen atoms in total. The van der Waals surface area contributed by atoms with Gasteiger partial charge in [-0.3, -0.25) is 0 Å². The summed E-state index contributed by atoms with van der Waals surface area (Å²) < 4.78 is 21.7. The van der Waals surface area contributed by atoms with Gasteiger partial charge in [0.05, 0.1) is 19.3 Å². The van der Waals surface area contributed by atoms with Crippen LogP contribution in [-0.2, 0) is 18.9 Å². The summed E-state index contributed by atoms with van der Waals surface area (Å²) in [5.41, 5.74) is 0. The van der Waals surface area contributed by atoms with E-state index in [4.69, 9.17) is 18.9 Å². The van der Waals surface area contributed by atoms with Gasteiger partial charge < -0.3 is 75.1 Å². The number of aliphatic hydroxyl groups excluding tert-OH is 11. The summed E-state index contributed by atoms with van der Waals surface area (Å²) in [6.07, 6.45) is -24.8. The van der Waals surface area contributed by atoms with Crippen LogP contribution in [0.2, 0.25) is 0 Å². The second kappa shape index (κ2) is 10.2. The molecule has 0 unspecified atom stereocenters. The molecule has 0 aliphatic carbocycles. The molecule has 3 rings (SSSR count). The SMILES string of the molecule is C[C@@H]1O[C@@H]([C@@]2(OC[C@H]3O[C@@H](O)[C@H](O)[C@@H](O)[C@@H]3O)O[C@H](CO)[C@@H](O)[C@H](O)[C@H]2O)[C@H](O)[C@H](O)[C@H]1O. The summed E-state index contributed by atoms with van der Waals surface area (Å²) in [5, 5.41) is 111. The molecule has 3 fully saturated rings. The fraction of sp³-hybridized carbons (Fsp3) is 1.00. The summed E-state index contributed by atoms with van der Waals surface area (Å²) in [6, 6.07) is 0. The lowest BCUT2D eigenvalue weighted by atomic mass is 9.83. The van der Waals surface area contributed by atoms with Crippen LogP contribution in [0.25, 0.3) is 0 Å². The standard InChI is InChI=1S/C18H32O15/c1-4-7(20)10(23)13(26)16(31-4)18(15(28)12(25)8(21)5(2-19)33-18)30-3-6-9(22)11(24)14(27)17(29)32-6/h4-17,19-29H,2-3H2,1H3/t4-,5+,6+,7-,8+,9+,10+,11-,12-,13+,14+,15+,16+,17+,18-/m0/s1. The molecule has 15 atom stereocenters. The van der Waals surface area contributed by atoms with Crippen LogP contribution < -0.4 is 0 Å². The van der Waals surface area contributed by atoms with Gasteiger partial charge in [0.15, 0.2) is 6.29 Å². The highest BCUT2D eigenvalue weighted by Gasteiger charge is 2.64. The predicted octanol–water partition coefficient (Wildman–Crippen LogP) is -7.16. The smallest absolute Gasteiger partial charge is 0.227 e. The van der Waals surface area contributed by atoms with Crippen LogP contribution in [0.1, 0.15) is 6.92 Å². The molecule has 0 amide bonds. The Morgan fingerprint density at radius 1 is 0.667 bits per heavy atom. The zero-order valence-corrected chi connectivity index (χ0v) is 17.5. The minimum Gasteiger partial charge on any atom is -0.394 e. The van der Waals surface area contributed by atoms with Gasteiger partial charge in [-0.1, -0.05) is 0 Å². The zero-order chi connectivity index (χ0) is 24.8. The molecular weight excluding hydrogens is 456 g/mol. The lowest BCUT2D eigenvalue weighted by Gasteiger charge is -2.54. The Labute approximate surface area is 187 Å². The molecule has 3 aliphatic heterocycles. The second-order valence-electron chi connectivity index (χ2n) is 8.57. The van der Waals surface area contributed by atoms with E-state index in [1.54, 1.807) is 0 Å². The van der Waals surface area contributed by atoms with Gasteiger partial charge in [-0.05, 0) is 6.92 Å². The van der Waals surface area contributed by atoms with E-state index in [-0.39, 0.29) is 0 Å². The first-order valence-electron chi connectivity index (χ1n) is 10.4. The monoisotopic (exact) mass is 488 g/mol. The molecule has 3 aliphatic rings. The average molecular weight is 488 g/mol. The van der Waals surface area contributed by atoms with Crippen LogP contribution in [0, 0.1) is 0 Å². The van der Waals surface area contributed by atoms with Crippen LogP contribution in [0.5, 0.6) is 0 Å². The van der Waals surface area contributed by atoms with E-state index < -0.39 is 105 Å². The summed E-state index contributed by atoms with van der Waals surface area (Å²) >= 11 is 0.